The lowest BCUT2D eigenvalue weighted by Gasteiger charge is -2.34. The maximum absolute atomic E-state index is 13.7. The molecule has 0 aliphatic heterocycles. The van der Waals surface area contributed by atoms with Crippen molar-refractivity contribution in [1.29, 1.82) is 0 Å². The Labute approximate surface area is 133 Å². The van der Waals surface area contributed by atoms with E-state index >= 15 is 0 Å². The van der Waals surface area contributed by atoms with Gasteiger partial charge in [-0.25, -0.2) is 4.39 Å². The summed E-state index contributed by atoms with van der Waals surface area (Å²) >= 11 is 3.39. The standard InChI is InChI=1S/C18H19BrFN/c1-21-18-14(10-9-12-5-2-3-7-15(12)18)11-13-6-4-8-16(20)17(13)19/h2-8,14,18,21H,9-11H2,1H3. The Kier molecular flexibility index (Phi) is 4.41. The van der Waals surface area contributed by atoms with Crippen LogP contribution in [0.4, 0.5) is 4.39 Å². The van der Waals surface area contributed by atoms with Crippen molar-refractivity contribution >= 4 is 15.9 Å². The van der Waals surface area contributed by atoms with Crippen molar-refractivity contribution in [3.8, 4) is 0 Å². The Morgan fingerprint density at radius 1 is 1.19 bits per heavy atom. The molecule has 0 aromatic heterocycles. The number of aryl methyl sites for hydroxylation is 1. The number of nitrogens with one attached hydrogen (secondary N) is 1. The minimum Gasteiger partial charge on any atom is -0.313 e. The predicted octanol–water partition coefficient (Wildman–Crippen LogP) is 4.65. The third-order valence-electron chi connectivity index (χ3n) is 4.47. The van der Waals surface area contributed by atoms with Gasteiger partial charge in [-0.05, 0) is 70.9 Å². The van der Waals surface area contributed by atoms with Crippen molar-refractivity contribution in [3.05, 3.63) is 69.4 Å². The molecule has 0 radical (unpaired) electrons. The Morgan fingerprint density at radius 2 is 2.00 bits per heavy atom. The molecule has 2 aromatic carbocycles. The minimum atomic E-state index is -0.176. The summed E-state index contributed by atoms with van der Waals surface area (Å²) < 4.78 is 14.3. The van der Waals surface area contributed by atoms with E-state index in [1.807, 2.05) is 13.1 Å². The van der Waals surface area contributed by atoms with Crippen LogP contribution in [0, 0.1) is 11.7 Å². The summed E-state index contributed by atoms with van der Waals surface area (Å²) in [4.78, 5) is 0. The normalized spacial score (nSPS) is 21.1. The summed E-state index contributed by atoms with van der Waals surface area (Å²) in [6.07, 6.45) is 3.12. The molecule has 0 bridgehead atoms. The molecular weight excluding hydrogens is 329 g/mol. The first-order valence-corrected chi connectivity index (χ1v) is 8.18. The minimum absolute atomic E-state index is 0.176. The van der Waals surface area contributed by atoms with Crippen LogP contribution in [0.15, 0.2) is 46.9 Å². The third-order valence-corrected chi connectivity index (χ3v) is 5.36. The van der Waals surface area contributed by atoms with Gasteiger partial charge < -0.3 is 5.32 Å². The number of hydrogen-bond donors (Lipinski definition) is 1. The van der Waals surface area contributed by atoms with Gasteiger partial charge in [0, 0.05) is 6.04 Å². The Balaban J connectivity index is 1.88. The van der Waals surface area contributed by atoms with Gasteiger partial charge in [-0.1, -0.05) is 36.4 Å². The van der Waals surface area contributed by atoms with Gasteiger partial charge >= 0.3 is 0 Å². The Hall–Kier alpha value is -1.19. The maximum Gasteiger partial charge on any atom is 0.137 e. The number of rotatable bonds is 3. The van der Waals surface area contributed by atoms with E-state index in [0.717, 1.165) is 24.8 Å². The molecule has 21 heavy (non-hydrogen) atoms. The molecule has 0 spiro atoms. The van der Waals surface area contributed by atoms with E-state index in [0.29, 0.717) is 16.4 Å². The van der Waals surface area contributed by atoms with Crippen LogP contribution >= 0.6 is 15.9 Å². The van der Waals surface area contributed by atoms with E-state index in [9.17, 15) is 4.39 Å². The topological polar surface area (TPSA) is 12.0 Å². The van der Waals surface area contributed by atoms with E-state index in [1.54, 1.807) is 6.07 Å². The number of halogens is 2. The summed E-state index contributed by atoms with van der Waals surface area (Å²) in [5.74, 6) is 0.313. The quantitative estimate of drug-likeness (QED) is 0.851. The van der Waals surface area contributed by atoms with Crippen molar-refractivity contribution in [2.24, 2.45) is 5.92 Å². The van der Waals surface area contributed by atoms with Crippen molar-refractivity contribution in [3.63, 3.8) is 0 Å². The van der Waals surface area contributed by atoms with Crippen molar-refractivity contribution in [1.82, 2.24) is 5.32 Å². The first kappa shape index (κ1) is 14.7. The Bertz CT molecular complexity index is 641. The zero-order valence-corrected chi connectivity index (χ0v) is 13.7. The smallest absolute Gasteiger partial charge is 0.137 e. The lowest BCUT2D eigenvalue weighted by atomic mass is 9.77. The molecule has 3 rings (SSSR count). The Morgan fingerprint density at radius 3 is 2.81 bits per heavy atom. The average Bonchev–Trinajstić information content (AvgIpc) is 2.51. The second kappa shape index (κ2) is 6.29. The highest BCUT2D eigenvalue weighted by molar-refractivity contribution is 9.10. The first-order valence-electron chi connectivity index (χ1n) is 7.38. The molecule has 0 saturated heterocycles. The summed E-state index contributed by atoms with van der Waals surface area (Å²) in [7, 11) is 2.01. The molecule has 110 valence electrons. The lowest BCUT2D eigenvalue weighted by Crippen LogP contribution is -2.31. The summed E-state index contributed by atoms with van der Waals surface area (Å²) in [5.41, 5.74) is 3.88. The lowest BCUT2D eigenvalue weighted by molar-refractivity contribution is 0.334. The predicted molar refractivity (Wildman–Crippen MR) is 87.9 cm³/mol. The van der Waals surface area contributed by atoms with Gasteiger partial charge in [0.25, 0.3) is 0 Å². The van der Waals surface area contributed by atoms with Crippen LogP contribution in [-0.2, 0) is 12.8 Å². The van der Waals surface area contributed by atoms with Crippen LogP contribution in [0.2, 0.25) is 0 Å². The van der Waals surface area contributed by atoms with Crippen LogP contribution in [-0.4, -0.2) is 7.05 Å². The van der Waals surface area contributed by atoms with Crippen molar-refractivity contribution in [2.75, 3.05) is 7.05 Å². The molecule has 1 aliphatic carbocycles. The summed E-state index contributed by atoms with van der Waals surface area (Å²) in [6, 6.07) is 14.3. The number of hydrogen-bond acceptors (Lipinski definition) is 1. The van der Waals surface area contributed by atoms with Gasteiger partial charge in [0.2, 0.25) is 0 Å². The van der Waals surface area contributed by atoms with Crippen LogP contribution in [0.25, 0.3) is 0 Å². The molecule has 0 saturated carbocycles. The monoisotopic (exact) mass is 347 g/mol. The molecule has 1 aliphatic rings. The fourth-order valence-corrected chi connectivity index (χ4v) is 3.85. The zero-order valence-electron chi connectivity index (χ0n) is 12.1. The van der Waals surface area contributed by atoms with Gasteiger partial charge in [0.1, 0.15) is 5.82 Å². The van der Waals surface area contributed by atoms with Crippen LogP contribution < -0.4 is 5.32 Å². The fraction of sp³-hybridized carbons (Fsp3) is 0.333. The molecule has 1 N–H and O–H groups in total. The summed E-state index contributed by atoms with van der Waals surface area (Å²) in [6.45, 7) is 0. The molecule has 2 atom stereocenters. The number of fused-ring (bicyclic) bond motifs is 1. The van der Waals surface area contributed by atoms with Crippen molar-refractivity contribution in [2.45, 2.75) is 25.3 Å². The van der Waals surface area contributed by atoms with Crippen LogP contribution in [0.5, 0.6) is 0 Å². The van der Waals surface area contributed by atoms with Crippen LogP contribution in [0.3, 0.4) is 0 Å². The molecular formula is C18H19BrFN. The second-order valence-corrected chi connectivity index (χ2v) is 6.47. The molecule has 3 heteroatoms. The highest BCUT2D eigenvalue weighted by Crippen LogP contribution is 2.37. The fourth-order valence-electron chi connectivity index (χ4n) is 3.43. The molecule has 0 fully saturated rings. The van der Waals surface area contributed by atoms with Crippen molar-refractivity contribution < 1.29 is 4.39 Å². The highest BCUT2D eigenvalue weighted by atomic mass is 79.9. The van der Waals surface area contributed by atoms with E-state index in [2.05, 4.69) is 45.5 Å². The first-order chi connectivity index (χ1) is 10.2. The zero-order chi connectivity index (χ0) is 14.8. The second-order valence-electron chi connectivity index (χ2n) is 5.68. The highest BCUT2D eigenvalue weighted by Gasteiger charge is 2.28. The SMILES string of the molecule is CNC1c2ccccc2CCC1Cc1cccc(F)c1Br. The van der Waals surface area contributed by atoms with E-state index in [4.69, 9.17) is 0 Å². The maximum atomic E-state index is 13.7. The molecule has 2 aromatic rings. The van der Waals surface area contributed by atoms with Gasteiger partial charge in [-0.2, -0.15) is 0 Å². The van der Waals surface area contributed by atoms with Gasteiger partial charge in [-0.15, -0.1) is 0 Å². The van der Waals surface area contributed by atoms with Crippen LogP contribution in [0.1, 0.15) is 29.2 Å². The number of benzene rings is 2. The third kappa shape index (κ3) is 2.90. The average molecular weight is 348 g/mol. The largest absolute Gasteiger partial charge is 0.313 e. The molecule has 1 nitrogen and oxygen atoms in total. The van der Waals surface area contributed by atoms with Gasteiger partial charge in [0.15, 0.2) is 0 Å². The van der Waals surface area contributed by atoms with E-state index < -0.39 is 0 Å². The van der Waals surface area contributed by atoms with Gasteiger partial charge in [-0.3, -0.25) is 0 Å². The molecule has 0 amide bonds. The summed E-state index contributed by atoms with van der Waals surface area (Å²) in [5, 5.41) is 3.46. The van der Waals surface area contributed by atoms with E-state index in [-0.39, 0.29) is 5.82 Å². The van der Waals surface area contributed by atoms with Gasteiger partial charge in [0.05, 0.1) is 4.47 Å². The molecule has 0 heterocycles. The van der Waals surface area contributed by atoms with E-state index in [1.165, 1.54) is 17.2 Å². The molecule has 2 unspecified atom stereocenters.